The summed E-state index contributed by atoms with van der Waals surface area (Å²) in [5, 5.41) is 15.7. The molecule has 1 aromatic carbocycles. The van der Waals surface area contributed by atoms with Crippen molar-refractivity contribution >= 4 is 29.2 Å². The van der Waals surface area contributed by atoms with Gasteiger partial charge < -0.3 is 25.6 Å². The van der Waals surface area contributed by atoms with E-state index in [0.717, 1.165) is 13.1 Å². The summed E-state index contributed by atoms with van der Waals surface area (Å²) in [5.74, 6) is -1.04. The fourth-order valence-electron chi connectivity index (χ4n) is 3.85. The Kier molecular flexibility index (Phi) is 6.92. The number of anilines is 1. The lowest BCUT2D eigenvalue weighted by Crippen LogP contribution is -2.40. The second kappa shape index (κ2) is 9.45. The van der Waals surface area contributed by atoms with Crippen molar-refractivity contribution < 1.29 is 19.1 Å². The Bertz CT molecular complexity index is 1020. The number of rotatable bonds is 8. The lowest BCUT2D eigenvalue weighted by Gasteiger charge is -2.22. The molecule has 0 radical (unpaired) electrons. The molecule has 2 heterocycles. The van der Waals surface area contributed by atoms with Gasteiger partial charge in [0.2, 0.25) is 0 Å². The number of hydrogen-bond acceptors (Lipinski definition) is 4. The Morgan fingerprint density at radius 1 is 1.29 bits per heavy atom. The number of aliphatic hydroxyl groups excluding tert-OH is 1. The van der Waals surface area contributed by atoms with Crippen LogP contribution in [0.1, 0.15) is 46.7 Å². The molecule has 3 rings (SSSR count). The molecule has 0 fully saturated rings. The van der Waals surface area contributed by atoms with Gasteiger partial charge in [-0.3, -0.25) is 9.59 Å². The zero-order valence-electron chi connectivity index (χ0n) is 18.3. The molecule has 31 heavy (non-hydrogen) atoms. The molecule has 2 aromatic rings. The Hall–Kier alpha value is -2.97. The molecule has 2 amide bonds. The monoisotopic (exact) mass is 428 g/mol. The van der Waals surface area contributed by atoms with Crippen LogP contribution in [0.4, 0.5) is 10.1 Å². The van der Waals surface area contributed by atoms with Crippen molar-refractivity contribution in [1.29, 1.82) is 0 Å². The van der Waals surface area contributed by atoms with Crippen molar-refractivity contribution in [3.05, 3.63) is 52.1 Å². The van der Waals surface area contributed by atoms with Crippen molar-refractivity contribution in [2.45, 2.75) is 33.8 Å². The van der Waals surface area contributed by atoms with E-state index in [4.69, 9.17) is 0 Å². The molecule has 1 atom stereocenters. The number of nitrogens with one attached hydrogen (secondary N) is 3. The number of aliphatic hydroxyl groups is 1. The number of hydrogen-bond donors (Lipinski definition) is 4. The zero-order valence-corrected chi connectivity index (χ0v) is 18.3. The van der Waals surface area contributed by atoms with Gasteiger partial charge in [-0.15, -0.1) is 0 Å². The molecular formula is C23H29FN4O3. The molecule has 0 saturated carbocycles. The predicted octanol–water partition coefficient (Wildman–Crippen LogP) is 2.70. The Balaban J connectivity index is 1.79. The second-order valence-corrected chi connectivity index (χ2v) is 7.72. The van der Waals surface area contributed by atoms with Gasteiger partial charge in [0.05, 0.1) is 17.2 Å². The van der Waals surface area contributed by atoms with Gasteiger partial charge in [0, 0.05) is 35.7 Å². The van der Waals surface area contributed by atoms with E-state index in [9.17, 15) is 19.1 Å². The van der Waals surface area contributed by atoms with E-state index in [1.807, 2.05) is 13.8 Å². The summed E-state index contributed by atoms with van der Waals surface area (Å²) in [6.07, 6.45) is 0.966. The fourth-order valence-corrected chi connectivity index (χ4v) is 3.85. The minimum absolute atomic E-state index is 0.144. The van der Waals surface area contributed by atoms with Gasteiger partial charge in [-0.2, -0.15) is 0 Å². The van der Waals surface area contributed by atoms with Crippen LogP contribution < -0.4 is 10.6 Å². The van der Waals surface area contributed by atoms with E-state index in [2.05, 4.69) is 20.5 Å². The number of H-pyrrole nitrogens is 1. The number of likely N-dealkylation sites (N-methyl/N-ethyl adjacent to an activating group) is 1. The predicted molar refractivity (Wildman–Crippen MR) is 119 cm³/mol. The lowest BCUT2D eigenvalue weighted by molar-refractivity contribution is -0.110. The highest BCUT2D eigenvalue weighted by molar-refractivity contribution is 6.34. The van der Waals surface area contributed by atoms with Crippen LogP contribution in [-0.2, 0) is 4.79 Å². The van der Waals surface area contributed by atoms with Crippen molar-refractivity contribution in [3.63, 3.8) is 0 Å². The Labute approximate surface area is 181 Å². The molecule has 0 bridgehead atoms. The van der Waals surface area contributed by atoms with Crippen LogP contribution >= 0.6 is 0 Å². The SMILES string of the molecule is CCN(CC)CC(O)CNC(=O)c1c(C)[nH]c(/C=C2\C(=O)Nc3ccc(F)cc32)c1C. The summed E-state index contributed by atoms with van der Waals surface area (Å²) in [5.41, 5.74) is 3.78. The first-order valence-corrected chi connectivity index (χ1v) is 10.5. The molecule has 8 heteroatoms. The molecule has 1 aliphatic heterocycles. The molecule has 0 spiro atoms. The summed E-state index contributed by atoms with van der Waals surface area (Å²) >= 11 is 0. The number of fused-ring (bicyclic) bond motifs is 1. The maximum Gasteiger partial charge on any atom is 0.256 e. The lowest BCUT2D eigenvalue weighted by atomic mass is 10.0. The van der Waals surface area contributed by atoms with Crippen molar-refractivity contribution in [2.75, 3.05) is 31.5 Å². The largest absolute Gasteiger partial charge is 0.390 e. The highest BCUT2D eigenvalue weighted by atomic mass is 19.1. The second-order valence-electron chi connectivity index (χ2n) is 7.72. The highest BCUT2D eigenvalue weighted by Crippen LogP contribution is 2.34. The Morgan fingerprint density at radius 3 is 2.68 bits per heavy atom. The third-order valence-electron chi connectivity index (χ3n) is 5.62. The zero-order chi connectivity index (χ0) is 22.7. The van der Waals surface area contributed by atoms with Crippen molar-refractivity contribution in [3.8, 4) is 0 Å². The van der Waals surface area contributed by atoms with Crippen LogP contribution in [0.5, 0.6) is 0 Å². The van der Waals surface area contributed by atoms with Crippen LogP contribution in [0.2, 0.25) is 0 Å². The average Bonchev–Trinajstić information content (AvgIpc) is 3.19. The van der Waals surface area contributed by atoms with Crippen LogP contribution in [0.3, 0.4) is 0 Å². The number of aromatic nitrogens is 1. The first kappa shape index (κ1) is 22.7. The molecule has 0 aliphatic carbocycles. The van der Waals surface area contributed by atoms with Gasteiger partial charge in [0.15, 0.2) is 0 Å². The number of carbonyl (C=O) groups is 2. The van der Waals surface area contributed by atoms with Crippen molar-refractivity contribution in [2.24, 2.45) is 0 Å². The van der Waals surface area contributed by atoms with E-state index in [1.165, 1.54) is 18.2 Å². The molecule has 7 nitrogen and oxygen atoms in total. The van der Waals surface area contributed by atoms with Gasteiger partial charge >= 0.3 is 0 Å². The summed E-state index contributed by atoms with van der Waals surface area (Å²) in [7, 11) is 0. The van der Waals surface area contributed by atoms with E-state index < -0.39 is 11.9 Å². The quantitative estimate of drug-likeness (QED) is 0.486. The van der Waals surface area contributed by atoms with Crippen LogP contribution in [0.25, 0.3) is 11.6 Å². The molecule has 1 aromatic heterocycles. The molecule has 1 aliphatic rings. The summed E-state index contributed by atoms with van der Waals surface area (Å²) < 4.78 is 13.7. The van der Waals surface area contributed by atoms with Crippen LogP contribution in [-0.4, -0.2) is 59.1 Å². The summed E-state index contributed by atoms with van der Waals surface area (Å²) in [4.78, 5) is 30.4. The molecule has 0 saturated heterocycles. The minimum Gasteiger partial charge on any atom is -0.390 e. The molecule has 4 N–H and O–H groups in total. The maximum absolute atomic E-state index is 13.7. The van der Waals surface area contributed by atoms with E-state index >= 15 is 0 Å². The van der Waals surface area contributed by atoms with Gasteiger partial charge in [0.25, 0.3) is 11.8 Å². The maximum atomic E-state index is 13.7. The molecule has 166 valence electrons. The first-order chi connectivity index (χ1) is 14.7. The number of nitrogens with zero attached hydrogens (tertiary/aromatic N) is 1. The molecular weight excluding hydrogens is 399 g/mol. The normalized spacial score (nSPS) is 15.3. The fraction of sp³-hybridized carbons (Fsp3) is 0.391. The van der Waals surface area contributed by atoms with Crippen LogP contribution in [0, 0.1) is 19.7 Å². The Morgan fingerprint density at radius 2 is 2.00 bits per heavy atom. The number of aryl methyl sites for hydroxylation is 1. The number of halogens is 1. The topological polar surface area (TPSA) is 97.5 Å². The smallest absolute Gasteiger partial charge is 0.256 e. The number of carbonyl (C=O) groups excluding carboxylic acids is 2. The first-order valence-electron chi connectivity index (χ1n) is 10.5. The summed E-state index contributed by atoms with van der Waals surface area (Å²) in [6, 6.07) is 4.14. The van der Waals surface area contributed by atoms with Crippen LogP contribution in [0.15, 0.2) is 18.2 Å². The number of amides is 2. The highest BCUT2D eigenvalue weighted by Gasteiger charge is 2.26. The van der Waals surface area contributed by atoms with Gasteiger partial charge in [0.1, 0.15) is 5.82 Å². The van der Waals surface area contributed by atoms with E-state index in [0.29, 0.717) is 45.9 Å². The molecule has 1 unspecified atom stereocenters. The third-order valence-corrected chi connectivity index (χ3v) is 5.62. The third kappa shape index (κ3) is 4.86. The van der Waals surface area contributed by atoms with Gasteiger partial charge in [-0.25, -0.2) is 4.39 Å². The number of benzene rings is 1. The van der Waals surface area contributed by atoms with Crippen molar-refractivity contribution in [1.82, 2.24) is 15.2 Å². The van der Waals surface area contributed by atoms with Gasteiger partial charge in [-0.05, 0) is 56.8 Å². The summed E-state index contributed by atoms with van der Waals surface area (Å²) in [6.45, 7) is 9.90. The van der Waals surface area contributed by atoms with E-state index in [1.54, 1.807) is 19.9 Å². The standard InChI is InChI=1S/C23H29FN4O3/c1-5-28(6-2)12-16(29)11-25-23(31)21-13(3)20(26-14(21)4)10-18-17-9-15(24)7-8-19(17)27-22(18)30/h7-10,16,26,29H,5-6,11-12H2,1-4H3,(H,25,31)(H,27,30)/b18-10-. The van der Waals surface area contributed by atoms with Gasteiger partial charge in [-0.1, -0.05) is 13.8 Å². The number of aromatic amines is 1. The average molecular weight is 429 g/mol. The minimum atomic E-state index is -0.668. The van der Waals surface area contributed by atoms with E-state index in [-0.39, 0.29) is 18.4 Å².